The van der Waals surface area contributed by atoms with Crippen molar-refractivity contribution in [1.82, 2.24) is 0 Å². The van der Waals surface area contributed by atoms with Crippen molar-refractivity contribution in [3.63, 3.8) is 0 Å². The molecule has 0 radical (unpaired) electrons. The summed E-state index contributed by atoms with van der Waals surface area (Å²) in [4.78, 5) is 2.30. The Labute approximate surface area is 144 Å². The highest BCUT2D eigenvalue weighted by Crippen LogP contribution is 2.24. The van der Waals surface area contributed by atoms with Gasteiger partial charge in [-0.3, -0.25) is 0 Å². The van der Waals surface area contributed by atoms with Crippen LogP contribution in [-0.4, -0.2) is 43.7 Å². The van der Waals surface area contributed by atoms with E-state index in [1.165, 1.54) is 6.08 Å². The molecule has 0 aromatic heterocycles. The number of allylic oxidation sites excluding steroid dienone is 2. The van der Waals surface area contributed by atoms with Crippen molar-refractivity contribution in [2.75, 3.05) is 11.5 Å². The first kappa shape index (κ1) is 21.6. The van der Waals surface area contributed by atoms with Crippen LogP contribution in [0, 0.1) is 5.92 Å². The molecule has 1 aliphatic carbocycles. The van der Waals surface area contributed by atoms with E-state index in [1.807, 2.05) is 0 Å². The molecule has 0 spiro atoms. The first-order valence-corrected chi connectivity index (χ1v) is 10.9. The van der Waals surface area contributed by atoms with Crippen molar-refractivity contribution in [3.8, 4) is 0 Å². The minimum Gasteiger partial charge on any atom is -0.359 e. The van der Waals surface area contributed by atoms with E-state index >= 15 is 0 Å². The second-order valence-electron chi connectivity index (χ2n) is 5.70. The van der Waals surface area contributed by atoms with E-state index in [9.17, 15) is 30.0 Å². The number of halogens is 3. The minimum absolute atomic E-state index is 0.213. The molecule has 1 rings (SSSR count). The summed E-state index contributed by atoms with van der Waals surface area (Å²) in [5.74, 6) is -1.73. The molecule has 0 atom stereocenters. The van der Waals surface area contributed by atoms with Crippen LogP contribution in [0.15, 0.2) is 24.3 Å². The lowest BCUT2D eigenvalue weighted by Gasteiger charge is -2.17. The molecule has 0 aromatic carbocycles. The summed E-state index contributed by atoms with van der Waals surface area (Å²) in [7, 11) is -9.20. The van der Waals surface area contributed by atoms with Gasteiger partial charge in [-0.25, -0.2) is 16.8 Å². The number of hydrogen-bond acceptors (Lipinski definition) is 4. The van der Waals surface area contributed by atoms with E-state index in [4.69, 9.17) is 5.53 Å². The van der Waals surface area contributed by atoms with Crippen LogP contribution in [0.25, 0.3) is 5.53 Å². The SMILES string of the molecule is [N-]=[N+]=C(S(=O)(=O)CC=CC1CCCCC1)S(=O)(=O)CC=CC(F)(F)F. The first-order valence-electron chi connectivity index (χ1n) is 7.56. The predicted molar refractivity (Wildman–Crippen MR) is 87.1 cm³/mol. The highest BCUT2D eigenvalue weighted by molar-refractivity contribution is 8.31. The lowest BCUT2D eigenvalue weighted by atomic mass is 9.89. The molecule has 0 amide bonds. The molecule has 0 aromatic rings. The molecule has 6 nitrogen and oxygen atoms in total. The molecule has 142 valence electrons. The third-order valence-corrected chi connectivity index (χ3v) is 7.62. The zero-order valence-electron chi connectivity index (χ0n) is 13.3. The van der Waals surface area contributed by atoms with Gasteiger partial charge in [0, 0.05) is 6.08 Å². The second-order valence-corrected chi connectivity index (χ2v) is 9.86. The van der Waals surface area contributed by atoms with E-state index in [0.29, 0.717) is 0 Å². The Kier molecular flexibility index (Phi) is 7.58. The third-order valence-electron chi connectivity index (χ3n) is 3.61. The summed E-state index contributed by atoms with van der Waals surface area (Å²) < 4.78 is 82.3. The normalized spacial score (nSPS) is 17.9. The molecule has 25 heavy (non-hydrogen) atoms. The molecule has 0 aliphatic heterocycles. The number of rotatable bonds is 5. The Morgan fingerprint density at radius 3 is 2.00 bits per heavy atom. The maximum absolute atomic E-state index is 12.0. The monoisotopic (exact) mass is 400 g/mol. The topological polar surface area (TPSA) is 105 Å². The van der Waals surface area contributed by atoms with Crippen LogP contribution < -0.4 is 0 Å². The average molecular weight is 400 g/mol. The van der Waals surface area contributed by atoms with E-state index in [-0.39, 0.29) is 18.1 Å². The predicted octanol–water partition coefficient (Wildman–Crippen LogP) is 2.66. The highest BCUT2D eigenvalue weighted by Gasteiger charge is 2.40. The zero-order chi connectivity index (χ0) is 19.1. The first-order chi connectivity index (χ1) is 11.5. The largest absolute Gasteiger partial charge is 0.495 e. The molecule has 0 bridgehead atoms. The second kappa shape index (κ2) is 8.77. The van der Waals surface area contributed by atoms with Gasteiger partial charge in [-0.2, -0.15) is 13.2 Å². The fourth-order valence-electron chi connectivity index (χ4n) is 2.47. The Hall–Kier alpha value is -1.45. The standard InChI is InChI=1S/C14H19F3N2O4S2/c15-14(16,17)9-5-11-25(22,23)13(19-18)24(20,21)10-4-8-12-6-2-1-3-7-12/h4-5,8-9,12H,1-3,6-7,10-11H2. The Balaban J connectivity index is 2.83. The molecule has 11 heteroatoms. The Bertz CT molecular complexity index is 771. The fraction of sp³-hybridized carbons (Fsp3) is 0.643. The van der Waals surface area contributed by atoms with Gasteiger partial charge in [-0.1, -0.05) is 37.5 Å². The minimum atomic E-state index is -4.73. The molecule has 0 heterocycles. The Morgan fingerprint density at radius 2 is 1.52 bits per heavy atom. The molecular formula is C14H19F3N2O4S2. The molecule has 0 N–H and O–H groups in total. The summed E-state index contributed by atoms with van der Waals surface area (Å²) in [5.41, 5.74) is 8.76. The summed E-state index contributed by atoms with van der Waals surface area (Å²) >= 11 is 0. The summed E-state index contributed by atoms with van der Waals surface area (Å²) in [6, 6.07) is 0. The summed E-state index contributed by atoms with van der Waals surface area (Å²) in [6.45, 7) is 0. The van der Waals surface area contributed by atoms with Crippen molar-refractivity contribution in [2.45, 2.75) is 38.3 Å². The van der Waals surface area contributed by atoms with Gasteiger partial charge >= 0.3 is 10.6 Å². The van der Waals surface area contributed by atoms with Crippen LogP contribution >= 0.6 is 0 Å². The smallest absolute Gasteiger partial charge is 0.359 e. The maximum atomic E-state index is 12.0. The van der Waals surface area contributed by atoms with E-state index in [1.54, 1.807) is 6.08 Å². The number of sulfone groups is 2. The van der Waals surface area contributed by atoms with Crippen LogP contribution in [0.3, 0.4) is 0 Å². The van der Waals surface area contributed by atoms with Gasteiger partial charge in [-0.15, -0.1) is 4.79 Å². The molecule has 0 saturated heterocycles. The summed E-state index contributed by atoms with van der Waals surface area (Å²) in [6.07, 6.45) is 3.19. The fourth-order valence-corrected chi connectivity index (χ4v) is 5.67. The van der Waals surface area contributed by atoms with E-state index in [2.05, 4.69) is 4.79 Å². The van der Waals surface area contributed by atoms with Crippen molar-refractivity contribution in [1.29, 1.82) is 0 Å². The van der Waals surface area contributed by atoms with Gasteiger partial charge in [0.25, 0.3) is 19.7 Å². The van der Waals surface area contributed by atoms with Crippen molar-refractivity contribution in [3.05, 3.63) is 29.8 Å². The number of hydrogen-bond donors (Lipinski definition) is 0. The molecule has 1 aliphatic rings. The molecule has 1 fully saturated rings. The quantitative estimate of drug-likeness (QED) is 0.233. The van der Waals surface area contributed by atoms with Crippen LogP contribution in [0.5, 0.6) is 0 Å². The number of alkyl halides is 3. The van der Waals surface area contributed by atoms with E-state index < -0.39 is 41.7 Å². The van der Waals surface area contributed by atoms with Crippen LogP contribution in [0.4, 0.5) is 13.2 Å². The van der Waals surface area contributed by atoms with Gasteiger partial charge in [-0.05, 0) is 18.8 Å². The van der Waals surface area contributed by atoms with Gasteiger partial charge in [0.05, 0.1) is 11.5 Å². The van der Waals surface area contributed by atoms with Crippen molar-refractivity contribution in [2.24, 2.45) is 5.92 Å². The molecule has 1 saturated carbocycles. The van der Waals surface area contributed by atoms with Gasteiger partial charge < -0.3 is 5.53 Å². The Morgan fingerprint density at radius 1 is 1.00 bits per heavy atom. The number of nitrogens with zero attached hydrogens (tertiary/aromatic N) is 2. The average Bonchev–Trinajstić information content (AvgIpc) is 2.46. The van der Waals surface area contributed by atoms with Crippen LogP contribution in [-0.2, 0) is 19.7 Å². The lowest BCUT2D eigenvalue weighted by Crippen LogP contribution is -2.29. The van der Waals surface area contributed by atoms with Crippen LogP contribution in [0.2, 0.25) is 0 Å². The van der Waals surface area contributed by atoms with E-state index in [0.717, 1.165) is 32.1 Å². The third kappa shape index (κ3) is 7.54. The van der Waals surface area contributed by atoms with Gasteiger partial charge in [0.15, 0.2) is 0 Å². The van der Waals surface area contributed by atoms with Gasteiger partial charge in [0.1, 0.15) is 0 Å². The van der Waals surface area contributed by atoms with Gasteiger partial charge in [0.2, 0.25) is 0 Å². The molecular weight excluding hydrogens is 381 g/mol. The lowest BCUT2D eigenvalue weighted by molar-refractivity contribution is -0.0799. The van der Waals surface area contributed by atoms with Crippen molar-refractivity contribution < 1.29 is 34.8 Å². The summed E-state index contributed by atoms with van der Waals surface area (Å²) in [5, 5.41) is 0. The highest BCUT2D eigenvalue weighted by atomic mass is 32.3. The van der Waals surface area contributed by atoms with Crippen LogP contribution in [0.1, 0.15) is 32.1 Å². The maximum Gasteiger partial charge on any atom is 0.495 e. The van der Waals surface area contributed by atoms with Crippen molar-refractivity contribution >= 4 is 24.1 Å². The molecule has 0 unspecified atom stereocenters. The zero-order valence-corrected chi connectivity index (χ0v) is 14.9.